The van der Waals surface area contributed by atoms with E-state index in [1.165, 1.54) is 7.11 Å². The van der Waals surface area contributed by atoms with E-state index in [0.29, 0.717) is 12.1 Å². The Balaban J connectivity index is 2.24. The van der Waals surface area contributed by atoms with Crippen LogP contribution in [0.5, 0.6) is 5.75 Å². The fourth-order valence-electron chi connectivity index (χ4n) is 2.22. The van der Waals surface area contributed by atoms with Crippen LogP contribution in [0.2, 0.25) is 0 Å². The Morgan fingerprint density at radius 1 is 1.10 bits per heavy atom. The van der Waals surface area contributed by atoms with Gasteiger partial charge >= 0.3 is 5.97 Å². The number of hydrogen-bond acceptors (Lipinski definition) is 4. The third-order valence-electron chi connectivity index (χ3n) is 3.27. The van der Waals surface area contributed by atoms with Crippen molar-refractivity contribution < 1.29 is 14.3 Å². The van der Waals surface area contributed by atoms with Gasteiger partial charge in [0.25, 0.3) is 0 Å². The lowest BCUT2D eigenvalue weighted by molar-refractivity contribution is 0.0601. The van der Waals surface area contributed by atoms with Crippen LogP contribution >= 0.6 is 0 Å². The number of carbonyl (C=O) groups excluding carboxylic acids is 1. The highest BCUT2D eigenvalue weighted by atomic mass is 16.5. The minimum atomic E-state index is -0.330. The Morgan fingerprint density at radius 3 is 2.57 bits per heavy atom. The summed E-state index contributed by atoms with van der Waals surface area (Å²) in [6.07, 6.45) is 0. The molecule has 0 fully saturated rings. The highest BCUT2D eigenvalue weighted by Crippen LogP contribution is 2.22. The summed E-state index contributed by atoms with van der Waals surface area (Å²) in [5, 5.41) is 0. The number of carbonyl (C=O) groups is 1. The molecule has 0 heterocycles. The van der Waals surface area contributed by atoms with Crippen molar-refractivity contribution in [1.82, 2.24) is 0 Å². The largest absolute Gasteiger partial charge is 0.497 e. The predicted molar refractivity (Wildman–Crippen MR) is 82.9 cm³/mol. The summed E-state index contributed by atoms with van der Waals surface area (Å²) in [5.41, 5.74) is 2.51. The Hall–Kier alpha value is -2.49. The second-order valence-electron chi connectivity index (χ2n) is 4.72. The maximum Gasteiger partial charge on any atom is 0.339 e. The average molecular weight is 285 g/mol. The van der Waals surface area contributed by atoms with Crippen LogP contribution in [0.4, 0.5) is 5.69 Å². The lowest BCUT2D eigenvalue weighted by Crippen LogP contribution is -2.19. The zero-order chi connectivity index (χ0) is 15.2. The summed E-state index contributed by atoms with van der Waals surface area (Å²) in [6.45, 7) is 0.672. The van der Waals surface area contributed by atoms with E-state index in [1.54, 1.807) is 13.2 Å². The monoisotopic (exact) mass is 285 g/mol. The van der Waals surface area contributed by atoms with Crippen molar-refractivity contribution in [2.24, 2.45) is 0 Å². The van der Waals surface area contributed by atoms with Crippen LogP contribution in [-0.2, 0) is 11.3 Å². The summed E-state index contributed by atoms with van der Waals surface area (Å²) in [6, 6.07) is 15.3. The van der Waals surface area contributed by atoms with Gasteiger partial charge in [-0.25, -0.2) is 4.79 Å². The van der Waals surface area contributed by atoms with E-state index in [-0.39, 0.29) is 5.97 Å². The van der Waals surface area contributed by atoms with Gasteiger partial charge in [-0.05, 0) is 29.8 Å². The van der Waals surface area contributed by atoms with Crippen molar-refractivity contribution >= 4 is 11.7 Å². The second kappa shape index (κ2) is 6.79. The standard InChI is InChI=1S/C17H19NO3/c1-18(12-13-7-6-8-14(11-13)20-2)16-10-5-4-9-15(16)17(19)21-3/h4-11H,12H2,1-3H3. The Morgan fingerprint density at radius 2 is 1.86 bits per heavy atom. The van der Waals surface area contributed by atoms with Gasteiger partial charge in [0.1, 0.15) is 5.75 Å². The molecule has 0 N–H and O–H groups in total. The smallest absolute Gasteiger partial charge is 0.339 e. The molecule has 0 aliphatic carbocycles. The first-order chi connectivity index (χ1) is 10.2. The van der Waals surface area contributed by atoms with Crippen molar-refractivity contribution in [3.05, 3.63) is 59.7 Å². The molecule has 0 aliphatic rings. The molecule has 0 aromatic heterocycles. The van der Waals surface area contributed by atoms with Gasteiger partial charge in [-0.15, -0.1) is 0 Å². The van der Waals surface area contributed by atoms with Crippen LogP contribution in [0.15, 0.2) is 48.5 Å². The van der Waals surface area contributed by atoms with Crippen molar-refractivity contribution in [2.45, 2.75) is 6.54 Å². The van der Waals surface area contributed by atoms with Gasteiger partial charge in [-0.2, -0.15) is 0 Å². The van der Waals surface area contributed by atoms with E-state index in [4.69, 9.17) is 9.47 Å². The second-order valence-corrected chi connectivity index (χ2v) is 4.72. The molecule has 0 atom stereocenters. The Bertz CT molecular complexity index is 625. The molecule has 0 amide bonds. The minimum Gasteiger partial charge on any atom is -0.497 e. The van der Waals surface area contributed by atoms with Crippen LogP contribution in [-0.4, -0.2) is 27.2 Å². The summed E-state index contributed by atoms with van der Waals surface area (Å²) in [7, 11) is 4.98. The third kappa shape index (κ3) is 3.54. The molecule has 21 heavy (non-hydrogen) atoms. The van der Waals surface area contributed by atoms with E-state index >= 15 is 0 Å². The summed E-state index contributed by atoms with van der Waals surface area (Å²) >= 11 is 0. The van der Waals surface area contributed by atoms with Crippen molar-refractivity contribution in [3.63, 3.8) is 0 Å². The molecule has 0 saturated carbocycles. The summed E-state index contributed by atoms with van der Waals surface area (Å²) in [5.74, 6) is 0.491. The van der Waals surface area contributed by atoms with Gasteiger partial charge in [-0.3, -0.25) is 0 Å². The molecule has 0 unspecified atom stereocenters. The quantitative estimate of drug-likeness (QED) is 0.791. The molecule has 4 heteroatoms. The topological polar surface area (TPSA) is 38.8 Å². The molecule has 2 aromatic rings. The van der Waals surface area contributed by atoms with Gasteiger partial charge < -0.3 is 14.4 Å². The highest BCUT2D eigenvalue weighted by Gasteiger charge is 2.14. The third-order valence-corrected chi connectivity index (χ3v) is 3.27. The normalized spacial score (nSPS) is 10.0. The molecule has 0 aliphatic heterocycles. The Kier molecular flexibility index (Phi) is 4.82. The lowest BCUT2D eigenvalue weighted by Gasteiger charge is -2.22. The first kappa shape index (κ1) is 14.9. The van der Waals surface area contributed by atoms with E-state index in [2.05, 4.69) is 0 Å². The number of nitrogens with zero attached hydrogens (tertiary/aromatic N) is 1. The maximum absolute atomic E-state index is 11.8. The van der Waals surface area contributed by atoms with E-state index in [1.807, 2.05) is 54.4 Å². The lowest BCUT2D eigenvalue weighted by atomic mass is 10.1. The molecular weight excluding hydrogens is 266 g/mol. The van der Waals surface area contributed by atoms with E-state index in [0.717, 1.165) is 17.0 Å². The van der Waals surface area contributed by atoms with E-state index < -0.39 is 0 Å². The zero-order valence-corrected chi connectivity index (χ0v) is 12.5. The maximum atomic E-state index is 11.8. The van der Waals surface area contributed by atoms with Crippen LogP contribution in [0.1, 0.15) is 15.9 Å². The molecule has 0 saturated heterocycles. The predicted octanol–water partition coefficient (Wildman–Crippen LogP) is 3.12. The number of para-hydroxylation sites is 1. The number of rotatable bonds is 5. The molecule has 110 valence electrons. The first-order valence-corrected chi connectivity index (χ1v) is 6.67. The first-order valence-electron chi connectivity index (χ1n) is 6.67. The molecule has 0 radical (unpaired) electrons. The molecular formula is C17H19NO3. The molecule has 0 bridgehead atoms. The summed E-state index contributed by atoms with van der Waals surface area (Å²) < 4.78 is 10.1. The Labute approximate surface area is 124 Å². The van der Waals surface area contributed by atoms with Gasteiger partial charge in [0.05, 0.1) is 25.5 Å². The van der Waals surface area contributed by atoms with Crippen LogP contribution in [0.25, 0.3) is 0 Å². The number of hydrogen-bond donors (Lipinski definition) is 0. The number of methoxy groups -OCH3 is 2. The van der Waals surface area contributed by atoms with E-state index in [9.17, 15) is 4.79 Å². The fourth-order valence-corrected chi connectivity index (χ4v) is 2.22. The SMILES string of the molecule is COC(=O)c1ccccc1N(C)Cc1cccc(OC)c1. The molecule has 0 spiro atoms. The number of esters is 1. The summed E-state index contributed by atoms with van der Waals surface area (Å²) in [4.78, 5) is 13.8. The van der Waals surface area contributed by atoms with Gasteiger partial charge in [0.2, 0.25) is 0 Å². The highest BCUT2D eigenvalue weighted by molar-refractivity contribution is 5.95. The molecule has 4 nitrogen and oxygen atoms in total. The number of anilines is 1. The molecule has 2 aromatic carbocycles. The van der Waals surface area contributed by atoms with Crippen LogP contribution in [0, 0.1) is 0 Å². The zero-order valence-electron chi connectivity index (χ0n) is 12.5. The van der Waals surface area contributed by atoms with Crippen molar-refractivity contribution in [1.29, 1.82) is 0 Å². The number of ether oxygens (including phenoxy) is 2. The van der Waals surface area contributed by atoms with Crippen molar-refractivity contribution in [2.75, 3.05) is 26.2 Å². The molecule has 2 rings (SSSR count). The average Bonchev–Trinajstić information content (AvgIpc) is 2.54. The van der Waals surface area contributed by atoms with Gasteiger partial charge in [-0.1, -0.05) is 24.3 Å². The van der Waals surface area contributed by atoms with Crippen LogP contribution in [0.3, 0.4) is 0 Å². The van der Waals surface area contributed by atoms with Crippen molar-refractivity contribution in [3.8, 4) is 5.75 Å². The minimum absolute atomic E-state index is 0.330. The fraction of sp³-hybridized carbons (Fsp3) is 0.235. The van der Waals surface area contributed by atoms with Gasteiger partial charge in [0.15, 0.2) is 0 Å². The van der Waals surface area contributed by atoms with Crippen LogP contribution < -0.4 is 9.64 Å². The number of benzene rings is 2. The van der Waals surface area contributed by atoms with Gasteiger partial charge in [0, 0.05) is 13.6 Å².